The minimum atomic E-state index is -0.141. The van der Waals surface area contributed by atoms with Gasteiger partial charge in [-0.2, -0.15) is 0 Å². The molecule has 0 amide bonds. The van der Waals surface area contributed by atoms with E-state index in [4.69, 9.17) is 4.74 Å². The summed E-state index contributed by atoms with van der Waals surface area (Å²) in [6.07, 6.45) is 5.40. The fourth-order valence-corrected chi connectivity index (χ4v) is 5.27. The van der Waals surface area contributed by atoms with Crippen molar-refractivity contribution in [2.45, 2.75) is 64.9 Å². The van der Waals surface area contributed by atoms with Crippen molar-refractivity contribution < 1.29 is 9.53 Å². The van der Waals surface area contributed by atoms with Crippen molar-refractivity contribution in [3.63, 3.8) is 0 Å². The second-order valence-electron chi connectivity index (χ2n) is 6.97. The Labute approximate surface area is 132 Å². The average molecular weight is 355 g/mol. The molecule has 1 heterocycles. The molecule has 2 aliphatic carbocycles. The summed E-state index contributed by atoms with van der Waals surface area (Å²) in [7, 11) is 0. The van der Waals surface area contributed by atoms with Gasteiger partial charge in [0.2, 0.25) is 0 Å². The summed E-state index contributed by atoms with van der Waals surface area (Å²) in [5, 5.41) is 4.19. The molecule has 3 rings (SSSR count). The predicted octanol–water partition coefficient (Wildman–Crippen LogP) is 2.57. The van der Waals surface area contributed by atoms with Gasteiger partial charge in [0.05, 0.1) is 0 Å². The Morgan fingerprint density at radius 1 is 1.33 bits per heavy atom. The summed E-state index contributed by atoms with van der Waals surface area (Å²) in [4.78, 5) is 12.6. The number of fused-ring (bicyclic) bond motifs is 1. The first kappa shape index (κ1) is 15.2. The molecule has 1 saturated carbocycles. The zero-order valence-electron chi connectivity index (χ0n) is 13.0. The fraction of sp³-hybridized carbons (Fsp3) is 0.812. The Kier molecular flexibility index (Phi) is 4.51. The molecule has 4 nitrogen and oxygen atoms in total. The van der Waals surface area contributed by atoms with E-state index in [0.29, 0.717) is 17.8 Å². The van der Waals surface area contributed by atoms with E-state index in [9.17, 15) is 4.79 Å². The summed E-state index contributed by atoms with van der Waals surface area (Å²) in [5.41, 5.74) is 0.935. The molecule has 5 heteroatoms. The number of esters is 1. The SMILES string of the molecule is CC(C)[C@@H]1CC[C@@H](C)C[C@H]1OC(=O)[C@@H]1CCc2[se]nnc21. The van der Waals surface area contributed by atoms with Crippen molar-refractivity contribution in [1.29, 1.82) is 0 Å². The first-order valence-electron chi connectivity index (χ1n) is 8.08. The van der Waals surface area contributed by atoms with Crippen LogP contribution >= 0.6 is 0 Å². The van der Waals surface area contributed by atoms with Crippen LogP contribution in [0.3, 0.4) is 0 Å². The number of aromatic nitrogens is 2. The fourth-order valence-electron chi connectivity index (χ4n) is 3.78. The van der Waals surface area contributed by atoms with Crippen LogP contribution in [0, 0.1) is 17.8 Å². The number of hydrogen-bond donors (Lipinski definition) is 0. The van der Waals surface area contributed by atoms with Crippen molar-refractivity contribution in [3.05, 3.63) is 10.1 Å². The number of hydrogen-bond acceptors (Lipinski definition) is 4. The first-order chi connectivity index (χ1) is 10.1. The van der Waals surface area contributed by atoms with E-state index in [-0.39, 0.29) is 32.7 Å². The summed E-state index contributed by atoms with van der Waals surface area (Å²) < 4.78 is 11.4. The Hall–Kier alpha value is -0.671. The summed E-state index contributed by atoms with van der Waals surface area (Å²) in [6, 6.07) is 0. The molecule has 1 fully saturated rings. The molecular formula is C16H24N2O2Se. The molecule has 0 N–H and O–H groups in total. The Morgan fingerprint density at radius 2 is 2.14 bits per heavy atom. The molecule has 0 bridgehead atoms. The molecule has 0 aliphatic heterocycles. The van der Waals surface area contributed by atoms with Crippen LogP contribution in [0.1, 0.15) is 62.5 Å². The molecule has 4 atom stereocenters. The van der Waals surface area contributed by atoms with Crippen LogP contribution in [0.25, 0.3) is 0 Å². The van der Waals surface area contributed by atoms with Crippen molar-refractivity contribution in [2.24, 2.45) is 17.8 Å². The summed E-state index contributed by atoms with van der Waals surface area (Å²) in [5.74, 6) is 1.54. The van der Waals surface area contributed by atoms with Crippen LogP contribution in [0.4, 0.5) is 0 Å². The van der Waals surface area contributed by atoms with Crippen LogP contribution in [0.15, 0.2) is 0 Å². The van der Waals surface area contributed by atoms with E-state index in [2.05, 4.69) is 30.0 Å². The number of carbonyl (C=O) groups excluding carboxylic acids is 1. The van der Waals surface area contributed by atoms with Crippen molar-refractivity contribution in [1.82, 2.24) is 9.19 Å². The van der Waals surface area contributed by atoms with Gasteiger partial charge in [0, 0.05) is 0 Å². The standard InChI is InChI=1S/C16H24N2O2Se/c1-9(2)11-5-4-10(3)8-13(11)20-16(19)12-6-7-14-15(12)17-18-21-14/h9-13H,4-8H2,1-3H3/t10-,11+,12-,13-/m1/s1. The van der Waals surface area contributed by atoms with Crippen molar-refractivity contribution >= 4 is 20.7 Å². The molecule has 116 valence electrons. The molecule has 0 saturated heterocycles. The zero-order valence-corrected chi connectivity index (χ0v) is 14.8. The van der Waals surface area contributed by atoms with Crippen LogP contribution in [0.2, 0.25) is 0 Å². The Balaban J connectivity index is 1.68. The molecular weight excluding hydrogens is 331 g/mol. The van der Waals surface area contributed by atoms with Crippen molar-refractivity contribution in [3.8, 4) is 0 Å². The molecule has 0 spiro atoms. The van der Waals surface area contributed by atoms with Gasteiger partial charge in [0.25, 0.3) is 0 Å². The Bertz CT molecular complexity index is 514. The monoisotopic (exact) mass is 356 g/mol. The number of aryl methyl sites for hydroxylation is 1. The van der Waals surface area contributed by atoms with Gasteiger partial charge in [0.1, 0.15) is 0 Å². The summed E-state index contributed by atoms with van der Waals surface area (Å²) >= 11 is 0.143. The topological polar surface area (TPSA) is 52.1 Å². The number of ether oxygens (including phenoxy) is 1. The van der Waals surface area contributed by atoms with Gasteiger partial charge in [-0.15, -0.1) is 0 Å². The summed E-state index contributed by atoms with van der Waals surface area (Å²) in [6.45, 7) is 6.75. The van der Waals surface area contributed by atoms with Crippen LogP contribution in [-0.2, 0) is 16.0 Å². The predicted molar refractivity (Wildman–Crippen MR) is 81.3 cm³/mol. The average Bonchev–Trinajstić information content (AvgIpc) is 3.00. The maximum absolute atomic E-state index is 12.6. The van der Waals surface area contributed by atoms with E-state index in [1.54, 1.807) is 0 Å². The van der Waals surface area contributed by atoms with E-state index in [0.717, 1.165) is 25.0 Å². The van der Waals surface area contributed by atoms with E-state index in [1.807, 2.05) is 0 Å². The van der Waals surface area contributed by atoms with Gasteiger partial charge < -0.3 is 0 Å². The number of carbonyl (C=O) groups is 1. The van der Waals surface area contributed by atoms with Crippen LogP contribution < -0.4 is 0 Å². The molecule has 21 heavy (non-hydrogen) atoms. The van der Waals surface area contributed by atoms with Gasteiger partial charge in [-0.3, -0.25) is 0 Å². The normalized spacial score (nSPS) is 32.2. The molecule has 0 unspecified atom stereocenters. The third kappa shape index (κ3) is 3.09. The van der Waals surface area contributed by atoms with E-state index in [1.165, 1.54) is 17.3 Å². The second kappa shape index (κ2) is 6.21. The second-order valence-corrected chi connectivity index (χ2v) is 8.73. The van der Waals surface area contributed by atoms with Crippen molar-refractivity contribution in [2.75, 3.05) is 0 Å². The number of nitrogens with zero attached hydrogens (tertiary/aromatic N) is 2. The zero-order chi connectivity index (χ0) is 15.0. The first-order valence-corrected chi connectivity index (χ1v) is 9.70. The molecule has 0 radical (unpaired) electrons. The molecule has 1 aromatic heterocycles. The quantitative estimate of drug-likeness (QED) is 0.618. The van der Waals surface area contributed by atoms with Gasteiger partial charge in [-0.05, 0) is 0 Å². The van der Waals surface area contributed by atoms with Crippen LogP contribution in [0.5, 0.6) is 0 Å². The van der Waals surface area contributed by atoms with E-state index >= 15 is 0 Å². The number of rotatable bonds is 3. The third-order valence-corrected chi connectivity index (χ3v) is 6.76. The van der Waals surface area contributed by atoms with E-state index < -0.39 is 0 Å². The molecule has 2 aliphatic rings. The van der Waals surface area contributed by atoms with Gasteiger partial charge in [0.15, 0.2) is 0 Å². The third-order valence-electron chi connectivity index (χ3n) is 5.09. The van der Waals surface area contributed by atoms with Gasteiger partial charge in [-0.25, -0.2) is 0 Å². The molecule has 1 aromatic rings. The minimum absolute atomic E-state index is 0.0543. The van der Waals surface area contributed by atoms with Gasteiger partial charge in [-0.1, -0.05) is 0 Å². The van der Waals surface area contributed by atoms with Crippen LogP contribution in [-0.4, -0.2) is 36.0 Å². The molecule has 0 aromatic carbocycles. The van der Waals surface area contributed by atoms with Gasteiger partial charge >= 0.3 is 132 Å². The Morgan fingerprint density at radius 3 is 2.90 bits per heavy atom. The maximum atomic E-state index is 12.6.